The third-order valence-corrected chi connectivity index (χ3v) is 4.64. The lowest BCUT2D eigenvalue weighted by Gasteiger charge is -2.24. The second-order valence-electron chi connectivity index (χ2n) is 6.37. The van der Waals surface area contributed by atoms with Gasteiger partial charge in [0.15, 0.2) is 0 Å². The van der Waals surface area contributed by atoms with E-state index in [1.165, 1.54) is 12.8 Å². The maximum Gasteiger partial charge on any atom is 0.224 e. The largest absolute Gasteiger partial charge is 0.340 e. The number of hydrogen-bond donors (Lipinski definition) is 1. The summed E-state index contributed by atoms with van der Waals surface area (Å²) in [7, 11) is 0. The molecule has 0 aliphatic carbocycles. The molecule has 2 aliphatic heterocycles. The van der Waals surface area contributed by atoms with E-state index in [0.717, 1.165) is 39.1 Å². The SMILES string of the molecule is CC1CCCN1C(=O)CCN1CCC(C)(CN)C1. The van der Waals surface area contributed by atoms with E-state index < -0.39 is 0 Å². The van der Waals surface area contributed by atoms with Gasteiger partial charge in [-0.25, -0.2) is 0 Å². The third kappa shape index (κ3) is 3.04. The molecule has 0 saturated carbocycles. The highest BCUT2D eigenvalue weighted by molar-refractivity contribution is 5.77. The molecule has 2 heterocycles. The average Bonchev–Trinajstić information content (AvgIpc) is 2.94. The number of carbonyl (C=O) groups is 1. The van der Waals surface area contributed by atoms with Crippen LogP contribution in [-0.4, -0.2) is 54.5 Å². The Morgan fingerprint density at radius 2 is 2.22 bits per heavy atom. The maximum absolute atomic E-state index is 12.1. The zero-order chi connectivity index (χ0) is 13.2. The summed E-state index contributed by atoms with van der Waals surface area (Å²) >= 11 is 0. The van der Waals surface area contributed by atoms with Gasteiger partial charge in [-0.3, -0.25) is 4.79 Å². The van der Waals surface area contributed by atoms with Crippen LogP contribution in [0.3, 0.4) is 0 Å². The molecule has 4 heteroatoms. The van der Waals surface area contributed by atoms with Crippen LogP contribution in [0, 0.1) is 5.41 Å². The average molecular weight is 253 g/mol. The summed E-state index contributed by atoms with van der Waals surface area (Å²) in [5.41, 5.74) is 6.07. The number of rotatable bonds is 4. The minimum Gasteiger partial charge on any atom is -0.340 e. The normalized spacial score (nSPS) is 33.3. The highest BCUT2D eigenvalue weighted by Gasteiger charge is 2.33. The van der Waals surface area contributed by atoms with E-state index in [0.29, 0.717) is 18.4 Å². The smallest absolute Gasteiger partial charge is 0.224 e. The van der Waals surface area contributed by atoms with Crippen molar-refractivity contribution in [2.75, 3.05) is 32.7 Å². The molecule has 2 atom stereocenters. The van der Waals surface area contributed by atoms with Crippen molar-refractivity contribution in [3.8, 4) is 0 Å². The monoisotopic (exact) mass is 253 g/mol. The number of carbonyl (C=O) groups excluding carboxylic acids is 1. The maximum atomic E-state index is 12.1. The molecule has 4 nitrogen and oxygen atoms in total. The van der Waals surface area contributed by atoms with Crippen molar-refractivity contribution in [3.05, 3.63) is 0 Å². The van der Waals surface area contributed by atoms with Crippen molar-refractivity contribution >= 4 is 5.91 Å². The van der Waals surface area contributed by atoms with Gasteiger partial charge in [0.1, 0.15) is 0 Å². The standard InChI is InChI=1S/C14H27N3O/c1-12-4-3-7-17(12)13(18)5-8-16-9-6-14(2,10-15)11-16/h12H,3-11,15H2,1-2H3. The molecule has 104 valence electrons. The van der Waals surface area contributed by atoms with Gasteiger partial charge >= 0.3 is 0 Å². The molecule has 2 saturated heterocycles. The second-order valence-corrected chi connectivity index (χ2v) is 6.37. The highest BCUT2D eigenvalue weighted by atomic mass is 16.2. The van der Waals surface area contributed by atoms with Crippen LogP contribution in [0.5, 0.6) is 0 Å². The number of likely N-dealkylation sites (tertiary alicyclic amines) is 2. The number of amides is 1. The van der Waals surface area contributed by atoms with Gasteiger partial charge in [0.25, 0.3) is 0 Å². The van der Waals surface area contributed by atoms with Gasteiger partial charge in [-0.1, -0.05) is 6.92 Å². The predicted molar refractivity (Wildman–Crippen MR) is 73.2 cm³/mol. The second kappa shape index (κ2) is 5.57. The molecule has 0 spiro atoms. The number of nitrogens with two attached hydrogens (primary N) is 1. The summed E-state index contributed by atoms with van der Waals surface area (Å²) in [6.45, 7) is 9.16. The van der Waals surface area contributed by atoms with Crippen molar-refractivity contribution < 1.29 is 4.79 Å². The summed E-state index contributed by atoms with van der Waals surface area (Å²) in [4.78, 5) is 16.6. The lowest BCUT2D eigenvalue weighted by molar-refractivity contribution is -0.132. The summed E-state index contributed by atoms with van der Waals surface area (Å²) in [5.74, 6) is 0.335. The molecular weight excluding hydrogens is 226 g/mol. The minimum absolute atomic E-state index is 0.268. The van der Waals surface area contributed by atoms with E-state index in [-0.39, 0.29) is 5.41 Å². The van der Waals surface area contributed by atoms with Crippen molar-refractivity contribution in [1.29, 1.82) is 0 Å². The van der Waals surface area contributed by atoms with Crippen molar-refractivity contribution in [2.45, 2.75) is 45.6 Å². The molecule has 2 N–H and O–H groups in total. The van der Waals surface area contributed by atoms with Crippen LogP contribution in [0.25, 0.3) is 0 Å². The van der Waals surface area contributed by atoms with Gasteiger partial charge in [0, 0.05) is 32.1 Å². The Morgan fingerprint density at radius 1 is 1.44 bits per heavy atom. The van der Waals surface area contributed by atoms with Crippen LogP contribution in [0.2, 0.25) is 0 Å². The van der Waals surface area contributed by atoms with E-state index in [4.69, 9.17) is 5.73 Å². The molecule has 0 aromatic rings. The predicted octanol–water partition coefficient (Wildman–Crippen LogP) is 1.06. The van der Waals surface area contributed by atoms with Crippen LogP contribution in [0.4, 0.5) is 0 Å². The topological polar surface area (TPSA) is 49.6 Å². The van der Waals surface area contributed by atoms with E-state index in [1.54, 1.807) is 0 Å². The first kappa shape index (κ1) is 13.8. The number of hydrogen-bond acceptors (Lipinski definition) is 3. The fraction of sp³-hybridized carbons (Fsp3) is 0.929. The Labute approximate surface area is 110 Å². The van der Waals surface area contributed by atoms with Gasteiger partial charge < -0.3 is 15.5 Å². The fourth-order valence-corrected chi connectivity index (χ4v) is 3.18. The first-order valence-electron chi connectivity index (χ1n) is 7.26. The molecule has 18 heavy (non-hydrogen) atoms. The van der Waals surface area contributed by atoms with Gasteiger partial charge in [0.05, 0.1) is 0 Å². The molecule has 2 fully saturated rings. The van der Waals surface area contributed by atoms with Crippen LogP contribution in [-0.2, 0) is 4.79 Å². The van der Waals surface area contributed by atoms with E-state index in [9.17, 15) is 4.79 Å². The Balaban J connectivity index is 1.74. The third-order valence-electron chi connectivity index (χ3n) is 4.64. The molecule has 1 amide bonds. The molecular formula is C14H27N3O. The van der Waals surface area contributed by atoms with Gasteiger partial charge in [-0.15, -0.1) is 0 Å². The quantitative estimate of drug-likeness (QED) is 0.815. The Morgan fingerprint density at radius 3 is 2.78 bits per heavy atom. The Bertz CT molecular complexity index is 307. The van der Waals surface area contributed by atoms with Crippen LogP contribution >= 0.6 is 0 Å². The van der Waals surface area contributed by atoms with Crippen molar-refractivity contribution in [1.82, 2.24) is 9.80 Å². The first-order valence-corrected chi connectivity index (χ1v) is 7.26. The highest BCUT2D eigenvalue weighted by Crippen LogP contribution is 2.28. The van der Waals surface area contributed by atoms with Crippen LogP contribution in [0.15, 0.2) is 0 Å². The van der Waals surface area contributed by atoms with Gasteiger partial charge in [0.2, 0.25) is 5.91 Å². The van der Waals surface area contributed by atoms with Crippen molar-refractivity contribution in [2.24, 2.45) is 11.1 Å². The van der Waals surface area contributed by atoms with Crippen LogP contribution in [0.1, 0.15) is 39.5 Å². The summed E-state index contributed by atoms with van der Waals surface area (Å²) < 4.78 is 0. The summed E-state index contributed by atoms with van der Waals surface area (Å²) in [6, 6.07) is 0.449. The van der Waals surface area contributed by atoms with Crippen LogP contribution < -0.4 is 5.73 Å². The molecule has 2 rings (SSSR count). The summed E-state index contributed by atoms with van der Waals surface area (Å²) in [5, 5.41) is 0. The molecule has 0 radical (unpaired) electrons. The fourth-order valence-electron chi connectivity index (χ4n) is 3.18. The minimum atomic E-state index is 0.268. The van der Waals surface area contributed by atoms with Gasteiger partial charge in [-0.2, -0.15) is 0 Å². The molecule has 0 aromatic heterocycles. The molecule has 2 aliphatic rings. The van der Waals surface area contributed by atoms with E-state index >= 15 is 0 Å². The van der Waals surface area contributed by atoms with E-state index in [2.05, 4.69) is 23.6 Å². The summed E-state index contributed by atoms with van der Waals surface area (Å²) in [6.07, 6.45) is 4.17. The molecule has 0 bridgehead atoms. The van der Waals surface area contributed by atoms with Gasteiger partial charge in [-0.05, 0) is 44.7 Å². The zero-order valence-corrected chi connectivity index (χ0v) is 11.8. The van der Waals surface area contributed by atoms with Crippen molar-refractivity contribution in [3.63, 3.8) is 0 Å². The lowest BCUT2D eigenvalue weighted by Crippen LogP contribution is -2.37. The number of nitrogens with zero attached hydrogens (tertiary/aromatic N) is 2. The lowest BCUT2D eigenvalue weighted by atomic mass is 9.90. The van der Waals surface area contributed by atoms with E-state index in [1.807, 2.05) is 0 Å². The molecule has 2 unspecified atom stereocenters. The first-order chi connectivity index (χ1) is 8.54. The Hall–Kier alpha value is -0.610. The molecule has 0 aromatic carbocycles. The Kier molecular flexibility index (Phi) is 4.28. The zero-order valence-electron chi connectivity index (χ0n) is 11.8.